The van der Waals surface area contributed by atoms with Gasteiger partial charge in [-0.05, 0) is 171 Å². The van der Waals surface area contributed by atoms with Crippen molar-refractivity contribution in [1.82, 2.24) is 9.80 Å². The highest BCUT2D eigenvalue weighted by Crippen LogP contribution is 2.41. The van der Waals surface area contributed by atoms with Crippen LogP contribution in [0.3, 0.4) is 0 Å². The van der Waals surface area contributed by atoms with Gasteiger partial charge in [0.1, 0.15) is 57.5 Å². The maximum atomic E-state index is 13.5. The minimum Gasteiger partial charge on any atom is -0.508 e. The number of fused-ring (bicyclic) bond motifs is 4. The molecule has 0 aromatic heterocycles. The number of carbonyl (C=O) groups is 8. The van der Waals surface area contributed by atoms with E-state index in [0.717, 1.165) is 38.5 Å². The van der Waals surface area contributed by atoms with Gasteiger partial charge in [0.25, 0.3) is 47.3 Å². The van der Waals surface area contributed by atoms with Gasteiger partial charge in [-0.3, -0.25) is 48.2 Å². The third kappa shape index (κ3) is 10.1. The van der Waals surface area contributed by atoms with Crippen LogP contribution in [0.5, 0.6) is 57.5 Å². The quantitative estimate of drug-likeness (QED) is 0.108. The number of anilines is 2. The van der Waals surface area contributed by atoms with E-state index in [2.05, 4.69) is 0 Å². The Morgan fingerprint density at radius 2 is 0.690 bits per heavy atom. The van der Waals surface area contributed by atoms with Gasteiger partial charge < -0.3 is 29.2 Å². The van der Waals surface area contributed by atoms with Crippen LogP contribution in [0.2, 0.25) is 0 Å². The van der Waals surface area contributed by atoms with Gasteiger partial charge in [0, 0.05) is 26.2 Å². The fourth-order valence-electron chi connectivity index (χ4n) is 10.1. The number of aryl methyl sites for hydroxylation is 2. The highest BCUT2D eigenvalue weighted by Gasteiger charge is 2.41. The van der Waals surface area contributed by atoms with Crippen molar-refractivity contribution in [2.75, 3.05) is 23.9 Å². The van der Waals surface area contributed by atoms with Crippen molar-refractivity contribution in [3.63, 3.8) is 0 Å². The lowest BCUT2D eigenvalue weighted by Crippen LogP contribution is -2.29. The minimum atomic E-state index is -4.15. The average molecular weight is 1180 g/mol. The third-order valence-electron chi connectivity index (χ3n) is 14.6. The number of carbonyl (C=O) groups excluding carboxylic acids is 8. The number of phenols is 2. The molecule has 0 aliphatic carbocycles. The Kier molecular flexibility index (Phi) is 13.8. The molecule has 4 aliphatic rings. The second kappa shape index (κ2) is 21.5. The largest absolute Gasteiger partial charge is 0.508 e. The van der Waals surface area contributed by atoms with Crippen LogP contribution in [-0.2, 0) is 9.84 Å². The molecule has 0 spiro atoms. The maximum Gasteiger partial charge on any atom is 0.266 e. The van der Waals surface area contributed by atoms with E-state index in [1.54, 1.807) is 48.5 Å². The lowest BCUT2D eigenvalue weighted by atomic mass is 10.1. The van der Waals surface area contributed by atoms with Crippen molar-refractivity contribution in [3.8, 4) is 57.5 Å². The van der Waals surface area contributed by atoms with E-state index in [-0.39, 0.29) is 77.6 Å². The predicted molar refractivity (Wildman–Crippen MR) is 312 cm³/mol. The Bertz CT molecular complexity index is 4670. The summed E-state index contributed by atoms with van der Waals surface area (Å²) in [4.78, 5) is 106. The first-order valence-corrected chi connectivity index (χ1v) is 28.0. The van der Waals surface area contributed by atoms with Crippen LogP contribution >= 0.6 is 0 Å². The second-order valence-corrected chi connectivity index (χ2v) is 22.3. The normalized spacial score (nSPS) is 14.0. The Morgan fingerprint density at radius 3 is 1.17 bits per heavy atom. The summed E-state index contributed by atoms with van der Waals surface area (Å²) in [6, 6.07) is 46.3. The topological polar surface area (TPSA) is 261 Å². The van der Waals surface area contributed by atoms with Crippen molar-refractivity contribution in [2.24, 2.45) is 0 Å². The highest BCUT2D eigenvalue weighted by molar-refractivity contribution is 7.91. The summed E-state index contributed by atoms with van der Waals surface area (Å²) in [5.74, 6) is -1.62. The van der Waals surface area contributed by atoms with Crippen molar-refractivity contribution in [3.05, 3.63) is 238 Å². The van der Waals surface area contributed by atoms with E-state index in [9.17, 15) is 57.0 Å². The summed E-state index contributed by atoms with van der Waals surface area (Å²) in [6.45, 7) is 3.53. The standard InChI is InChI=1S/C36H24N2O7.C30H20N2O9S/c1-21-6-3-8-23(16-21)43-25-10-5-11-26(18-25)44-24-9-4-7-22(17-24)38-35(41)30-15-13-28(20-32(30)36(38)42)45-27-12-14-29-31(19-27)34(40)37(2)33(29)39;1-15-11-18(5-9-25(15)33)42(39,40)19-6-10-26(34)24(14-19)32-29(37)21-8-4-17(13-23(21)30(32)38)41-16-3-7-20-22(12-16)28(36)31(2)27(20)35/h3-20H,1-2H3;3-14,33-34H,1-2H3. The summed E-state index contributed by atoms with van der Waals surface area (Å²) in [5.41, 5.74) is 2.76. The molecule has 20 nitrogen and oxygen atoms in total. The van der Waals surface area contributed by atoms with Gasteiger partial charge in [-0.25, -0.2) is 18.2 Å². The van der Waals surface area contributed by atoms with Crippen molar-refractivity contribution in [1.29, 1.82) is 0 Å². The van der Waals surface area contributed by atoms with E-state index in [1.807, 2.05) is 43.3 Å². The van der Waals surface area contributed by atoms with Crippen LogP contribution in [0.4, 0.5) is 11.4 Å². The predicted octanol–water partition coefficient (Wildman–Crippen LogP) is 11.5. The number of ether oxygens (including phenoxy) is 4. The molecule has 4 heterocycles. The Balaban J connectivity index is 0.000000170. The van der Waals surface area contributed by atoms with Gasteiger partial charge >= 0.3 is 0 Å². The number of benzene rings is 9. The molecule has 4 aliphatic heterocycles. The Labute approximate surface area is 494 Å². The van der Waals surface area contributed by atoms with Gasteiger partial charge in [0.2, 0.25) is 9.84 Å². The second-order valence-electron chi connectivity index (χ2n) is 20.4. The van der Waals surface area contributed by atoms with Crippen molar-refractivity contribution in [2.45, 2.75) is 23.6 Å². The Morgan fingerprint density at radius 1 is 0.333 bits per heavy atom. The third-order valence-corrected chi connectivity index (χ3v) is 16.4. The van der Waals surface area contributed by atoms with E-state index >= 15 is 0 Å². The van der Waals surface area contributed by atoms with Gasteiger partial charge in [0.05, 0.1) is 65.7 Å². The monoisotopic (exact) mass is 1180 g/mol. The molecule has 9 aromatic carbocycles. The van der Waals surface area contributed by atoms with Crippen molar-refractivity contribution >= 4 is 68.5 Å². The zero-order chi connectivity index (χ0) is 61.3. The minimum absolute atomic E-state index is 0.00511. The van der Waals surface area contributed by atoms with Crippen LogP contribution in [0.15, 0.2) is 192 Å². The lowest BCUT2D eigenvalue weighted by Gasteiger charge is -2.17. The number of imide groups is 4. The molecule has 13 rings (SSSR count). The first-order valence-electron chi connectivity index (χ1n) is 26.5. The van der Waals surface area contributed by atoms with Gasteiger partial charge in [-0.15, -0.1) is 0 Å². The molecule has 9 aromatic rings. The van der Waals surface area contributed by atoms with Crippen LogP contribution in [0, 0.1) is 13.8 Å². The summed E-state index contributed by atoms with van der Waals surface area (Å²) in [6.07, 6.45) is 0. The molecule has 430 valence electrons. The molecule has 0 saturated heterocycles. The van der Waals surface area contributed by atoms with Gasteiger partial charge in [-0.2, -0.15) is 0 Å². The Hall–Kier alpha value is -11.7. The van der Waals surface area contributed by atoms with Gasteiger partial charge in [0.15, 0.2) is 0 Å². The number of sulfone groups is 1. The molecule has 0 fully saturated rings. The summed E-state index contributed by atoms with van der Waals surface area (Å²) in [5, 5.41) is 20.3. The first kappa shape index (κ1) is 55.8. The fourth-order valence-corrected chi connectivity index (χ4v) is 11.5. The molecular formula is C66H44N4O16S. The fraction of sp³-hybridized carbons (Fsp3) is 0.0606. The number of rotatable bonds is 12. The van der Waals surface area contributed by atoms with Crippen LogP contribution < -0.4 is 28.7 Å². The van der Waals surface area contributed by atoms with E-state index in [0.29, 0.717) is 56.2 Å². The van der Waals surface area contributed by atoms with Gasteiger partial charge in [-0.1, -0.05) is 24.3 Å². The maximum absolute atomic E-state index is 13.5. The number of amides is 8. The van der Waals surface area contributed by atoms with Crippen molar-refractivity contribution < 1.29 is 75.9 Å². The molecule has 0 atom stereocenters. The zero-order valence-corrected chi connectivity index (χ0v) is 46.9. The summed E-state index contributed by atoms with van der Waals surface area (Å²) >= 11 is 0. The molecule has 21 heteroatoms. The number of nitrogens with zero attached hydrogens (tertiary/aromatic N) is 4. The molecule has 0 saturated carbocycles. The van der Waals surface area contributed by atoms with Crippen LogP contribution in [0.1, 0.15) is 94.0 Å². The average Bonchev–Trinajstić information content (AvgIpc) is 2.09. The molecule has 8 amide bonds. The lowest BCUT2D eigenvalue weighted by molar-refractivity contribution is 0.0677. The molecule has 0 bridgehead atoms. The van der Waals surface area contributed by atoms with E-state index in [1.165, 1.54) is 99.9 Å². The molecule has 2 N–H and O–H groups in total. The highest BCUT2D eigenvalue weighted by atomic mass is 32.2. The van der Waals surface area contributed by atoms with Crippen LogP contribution in [-0.4, -0.2) is 89.8 Å². The van der Waals surface area contributed by atoms with Crippen LogP contribution in [0.25, 0.3) is 0 Å². The summed E-state index contributed by atoms with van der Waals surface area (Å²) in [7, 11) is -1.35. The molecule has 0 unspecified atom stereocenters. The molecule has 0 radical (unpaired) electrons. The zero-order valence-electron chi connectivity index (χ0n) is 46.1. The number of aromatic hydroxyl groups is 2. The first-order chi connectivity index (χ1) is 41.6. The number of phenolic OH excluding ortho intramolecular Hbond substituents is 2. The number of hydrogen-bond donors (Lipinski definition) is 2. The molecule has 87 heavy (non-hydrogen) atoms. The SMILES string of the molecule is Cc1cc(S(=O)(=O)c2ccc(O)c(N3C(=O)c4ccc(Oc5ccc6c(c5)C(=O)N(C)C6=O)cc4C3=O)c2)ccc1O.Cc1cccc(Oc2cccc(Oc3cccc(N4C(=O)c5ccc(Oc6ccc7c(c6)C(=O)N(C)C7=O)cc5C4=O)c3)c2)c1. The summed E-state index contributed by atoms with van der Waals surface area (Å²) < 4.78 is 50.4. The van der Waals surface area contributed by atoms with E-state index in [4.69, 9.17) is 18.9 Å². The smallest absolute Gasteiger partial charge is 0.266 e. The van der Waals surface area contributed by atoms with E-state index < -0.39 is 56.9 Å². The number of hydrogen-bond acceptors (Lipinski definition) is 16. The molecular weight excluding hydrogens is 1140 g/mol.